The molecule has 0 radical (unpaired) electrons. The molecule has 146 valence electrons. The van der Waals surface area contributed by atoms with Gasteiger partial charge in [-0.2, -0.15) is 0 Å². The van der Waals surface area contributed by atoms with Gasteiger partial charge in [-0.05, 0) is 25.1 Å². The molecule has 0 saturated heterocycles. The number of carbonyl (C=O) groups is 1. The van der Waals surface area contributed by atoms with E-state index in [1.165, 1.54) is 20.4 Å². The molecule has 9 heteroatoms. The maximum Gasteiger partial charge on any atom is 0.411 e. The summed E-state index contributed by atoms with van der Waals surface area (Å²) in [5, 5.41) is 13.4. The summed E-state index contributed by atoms with van der Waals surface area (Å²) >= 11 is 6.18. The zero-order valence-corrected chi connectivity index (χ0v) is 16.2. The highest BCUT2D eigenvalue weighted by atomic mass is 35.5. The van der Waals surface area contributed by atoms with Crippen molar-refractivity contribution < 1.29 is 14.6 Å². The molecule has 0 aliphatic rings. The molecule has 2 aromatic heterocycles. The number of aromatic amines is 1. The van der Waals surface area contributed by atoms with Crippen LogP contribution < -0.4 is 20.5 Å². The van der Waals surface area contributed by atoms with Crippen LogP contribution in [0.1, 0.15) is 18.5 Å². The van der Waals surface area contributed by atoms with Crippen molar-refractivity contribution in [3.63, 3.8) is 0 Å². The molecule has 0 aliphatic carbocycles. The first-order chi connectivity index (χ1) is 13.3. The number of methoxy groups -OCH3 is 1. The molecule has 8 nitrogen and oxygen atoms in total. The topological polar surface area (TPSA) is 108 Å². The molecule has 3 N–H and O–H groups in total. The van der Waals surface area contributed by atoms with E-state index in [1.807, 2.05) is 6.92 Å². The van der Waals surface area contributed by atoms with Gasteiger partial charge < -0.3 is 20.1 Å². The normalized spacial score (nSPS) is 11.9. The number of aromatic nitrogens is 2. The molecule has 3 rings (SSSR count). The highest BCUT2D eigenvalue weighted by molar-refractivity contribution is 6.32. The molecule has 0 aliphatic heterocycles. The fourth-order valence-corrected chi connectivity index (χ4v) is 3.07. The van der Waals surface area contributed by atoms with Gasteiger partial charge in [-0.15, -0.1) is 0 Å². The molecule has 0 bridgehead atoms. The standard InChI is InChI=1S/C19H19ClN4O4/c1-10(22-17-8-12(4-5-21-17)24(2)19(26)27)13-6-11-7-14(20)16(28-3)9-15(11)23-18(13)25/h4-10H,1-3H3,(H,21,22)(H,23,25)(H,26,27)/t10-/m0/s1. The van der Waals surface area contributed by atoms with Crippen molar-refractivity contribution in [2.24, 2.45) is 0 Å². The number of fused-ring (bicyclic) bond motifs is 1. The number of benzene rings is 1. The average molecular weight is 403 g/mol. The van der Waals surface area contributed by atoms with Crippen LogP contribution in [0.15, 0.2) is 41.3 Å². The highest BCUT2D eigenvalue weighted by Gasteiger charge is 2.15. The molecule has 1 amide bonds. The Hall–Kier alpha value is -3.26. The molecule has 1 aromatic carbocycles. The minimum atomic E-state index is -1.08. The molecular weight excluding hydrogens is 384 g/mol. The Bertz CT molecular complexity index is 1100. The van der Waals surface area contributed by atoms with Crippen LogP contribution in [0.2, 0.25) is 5.02 Å². The fourth-order valence-electron chi connectivity index (χ4n) is 2.82. The van der Waals surface area contributed by atoms with Crippen molar-refractivity contribution in [1.82, 2.24) is 9.97 Å². The Morgan fingerprint density at radius 2 is 2.11 bits per heavy atom. The number of pyridine rings is 2. The van der Waals surface area contributed by atoms with Crippen LogP contribution in [-0.2, 0) is 0 Å². The van der Waals surface area contributed by atoms with Crippen LogP contribution in [0.25, 0.3) is 10.9 Å². The lowest BCUT2D eigenvalue weighted by Gasteiger charge is -2.17. The van der Waals surface area contributed by atoms with E-state index in [0.717, 1.165) is 10.3 Å². The van der Waals surface area contributed by atoms with Crippen molar-refractivity contribution in [3.05, 3.63) is 57.5 Å². The number of ether oxygens (including phenoxy) is 1. The monoisotopic (exact) mass is 402 g/mol. The number of amides is 1. The second kappa shape index (κ2) is 7.77. The van der Waals surface area contributed by atoms with Gasteiger partial charge in [-0.1, -0.05) is 11.6 Å². The van der Waals surface area contributed by atoms with Gasteiger partial charge in [0.25, 0.3) is 5.56 Å². The van der Waals surface area contributed by atoms with Gasteiger partial charge in [0, 0.05) is 36.3 Å². The number of halogens is 1. The third-order valence-electron chi connectivity index (χ3n) is 4.39. The minimum Gasteiger partial charge on any atom is -0.495 e. The van der Waals surface area contributed by atoms with Crippen molar-refractivity contribution in [1.29, 1.82) is 0 Å². The Morgan fingerprint density at radius 3 is 2.79 bits per heavy atom. The van der Waals surface area contributed by atoms with Crippen LogP contribution in [0.5, 0.6) is 5.75 Å². The van der Waals surface area contributed by atoms with Gasteiger partial charge >= 0.3 is 6.09 Å². The summed E-state index contributed by atoms with van der Waals surface area (Å²) in [6.07, 6.45) is 0.420. The summed E-state index contributed by atoms with van der Waals surface area (Å²) < 4.78 is 5.18. The summed E-state index contributed by atoms with van der Waals surface area (Å²) in [6, 6.07) is 7.96. The van der Waals surface area contributed by atoms with Crippen molar-refractivity contribution in [2.45, 2.75) is 13.0 Å². The molecule has 3 aromatic rings. The Labute approximate surface area is 165 Å². The van der Waals surface area contributed by atoms with Gasteiger partial charge in [-0.3, -0.25) is 9.69 Å². The van der Waals surface area contributed by atoms with E-state index in [4.69, 9.17) is 21.4 Å². The Balaban J connectivity index is 1.92. The van der Waals surface area contributed by atoms with Gasteiger partial charge in [0.15, 0.2) is 0 Å². The first-order valence-electron chi connectivity index (χ1n) is 8.40. The highest BCUT2D eigenvalue weighted by Crippen LogP contribution is 2.29. The fraction of sp³-hybridized carbons (Fsp3) is 0.211. The lowest BCUT2D eigenvalue weighted by molar-refractivity contribution is 0.203. The quantitative estimate of drug-likeness (QED) is 0.598. The van der Waals surface area contributed by atoms with Gasteiger partial charge in [0.2, 0.25) is 0 Å². The van der Waals surface area contributed by atoms with E-state index in [1.54, 1.807) is 30.3 Å². The largest absolute Gasteiger partial charge is 0.495 e. The molecular formula is C19H19ClN4O4. The SMILES string of the molecule is COc1cc2[nH]c(=O)c([C@H](C)Nc3cc(N(C)C(=O)O)ccn3)cc2cc1Cl. The smallest absolute Gasteiger partial charge is 0.411 e. The molecule has 1 atom stereocenters. The van der Waals surface area contributed by atoms with E-state index in [2.05, 4.69) is 15.3 Å². The molecule has 0 spiro atoms. The predicted octanol–water partition coefficient (Wildman–Crippen LogP) is 3.87. The molecule has 28 heavy (non-hydrogen) atoms. The lowest BCUT2D eigenvalue weighted by atomic mass is 10.1. The van der Waals surface area contributed by atoms with E-state index in [0.29, 0.717) is 33.4 Å². The maximum absolute atomic E-state index is 12.5. The Morgan fingerprint density at radius 1 is 1.36 bits per heavy atom. The number of H-pyrrole nitrogens is 1. The predicted molar refractivity (Wildman–Crippen MR) is 109 cm³/mol. The number of carboxylic acid groups (broad SMARTS) is 1. The van der Waals surface area contributed by atoms with Crippen LogP contribution >= 0.6 is 11.6 Å². The third-order valence-corrected chi connectivity index (χ3v) is 4.69. The summed E-state index contributed by atoms with van der Waals surface area (Å²) in [7, 11) is 2.95. The summed E-state index contributed by atoms with van der Waals surface area (Å²) in [4.78, 5) is 31.8. The zero-order valence-electron chi connectivity index (χ0n) is 15.5. The van der Waals surface area contributed by atoms with E-state index in [9.17, 15) is 9.59 Å². The van der Waals surface area contributed by atoms with Gasteiger partial charge in [0.05, 0.1) is 29.4 Å². The Kier molecular flexibility index (Phi) is 5.41. The van der Waals surface area contributed by atoms with Crippen molar-refractivity contribution in [3.8, 4) is 5.75 Å². The molecule has 2 heterocycles. The second-order valence-corrected chi connectivity index (χ2v) is 6.64. The summed E-state index contributed by atoms with van der Waals surface area (Å²) in [5.74, 6) is 0.928. The van der Waals surface area contributed by atoms with Crippen LogP contribution in [0, 0.1) is 0 Å². The zero-order chi connectivity index (χ0) is 20.4. The maximum atomic E-state index is 12.5. The number of nitrogens with one attached hydrogen (secondary N) is 2. The first kappa shape index (κ1) is 19.5. The number of nitrogens with zero attached hydrogens (tertiary/aromatic N) is 2. The van der Waals surface area contributed by atoms with E-state index >= 15 is 0 Å². The lowest BCUT2D eigenvalue weighted by Crippen LogP contribution is -2.24. The van der Waals surface area contributed by atoms with Crippen LogP contribution in [0.3, 0.4) is 0 Å². The van der Waals surface area contributed by atoms with Crippen molar-refractivity contribution in [2.75, 3.05) is 24.4 Å². The number of hydrogen-bond donors (Lipinski definition) is 3. The first-order valence-corrected chi connectivity index (χ1v) is 8.77. The summed E-state index contributed by atoms with van der Waals surface area (Å²) in [5.41, 5.74) is 1.32. The number of rotatable bonds is 5. The minimum absolute atomic E-state index is 0.254. The van der Waals surface area contributed by atoms with E-state index in [-0.39, 0.29) is 11.6 Å². The average Bonchev–Trinajstić information content (AvgIpc) is 2.66. The third kappa shape index (κ3) is 3.86. The molecule has 0 fully saturated rings. The van der Waals surface area contributed by atoms with E-state index < -0.39 is 6.09 Å². The van der Waals surface area contributed by atoms with Crippen LogP contribution in [0.4, 0.5) is 16.3 Å². The molecule has 0 saturated carbocycles. The van der Waals surface area contributed by atoms with Crippen molar-refractivity contribution >= 4 is 40.1 Å². The number of anilines is 2. The van der Waals surface area contributed by atoms with Gasteiger partial charge in [0.1, 0.15) is 11.6 Å². The van der Waals surface area contributed by atoms with Gasteiger partial charge in [-0.25, -0.2) is 9.78 Å². The molecule has 0 unspecified atom stereocenters. The second-order valence-electron chi connectivity index (χ2n) is 6.23. The van der Waals surface area contributed by atoms with Crippen LogP contribution in [-0.4, -0.2) is 35.3 Å². The summed E-state index contributed by atoms with van der Waals surface area (Å²) in [6.45, 7) is 1.82. The number of hydrogen-bond acceptors (Lipinski definition) is 5.